The molecule has 18 heavy (non-hydrogen) atoms. The van der Waals surface area contributed by atoms with E-state index in [2.05, 4.69) is 22.0 Å². The zero-order valence-corrected chi connectivity index (χ0v) is 12.2. The van der Waals surface area contributed by atoms with Crippen LogP contribution in [-0.2, 0) is 9.47 Å². The van der Waals surface area contributed by atoms with E-state index in [0.29, 0.717) is 11.5 Å². The van der Waals surface area contributed by atoms with Gasteiger partial charge in [0.1, 0.15) is 0 Å². The standard InChI is InChI=1S/C14H17BrO3/c1-9-7-11(15)8-12(14(16)17-2)13(9)10-3-5-18-6-4-10/h7-8,10H,3-6H2,1-2H3. The van der Waals surface area contributed by atoms with Crippen LogP contribution in [0.5, 0.6) is 0 Å². The van der Waals surface area contributed by atoms with Crippen molar-refractivity contribution in [1.82, 2.24) is 0 Å². The predicted octanol–water partition coefficient (Wildman–Crippen LogP) is 3.44. The van der Waals surface area contributed by atoms with Crippen LogP contribution in [0.25, 0.3) is 0 Å². The van der Waals surface area contributed by atoms with Crippen LogP contribution in [0, 0.1) is 6.92 Å². The fraction of sp³-hybridized carbons (Fsp3) is 0.500. The highest BCUT2D eigenvalue weighted by Gasteiger charge is 2.24. The predicted molar refractivity (Wildman–Crippen MR) is 73.0 cm³/mol. The van der Waals surface area contributed by atoms with Crippen molar-refractivity contribution >= 4 is 21.9 Å². The average molecular weight is 313 g/mol. The van der Waals surface area contributed by atoms with Gasteiger partial charge in [0.2, 0.25) is 0 Å². The molecule has 0 bridgehead atoms. The van der Waals surface area contributed by atoms with Crippen LogP contribution < -0.4 is 0 Å². The lowest BCUT2D eigenvalue weighted by atomic mass is 9.85. The van der Waals surface area contributed by atoms with Gasteiger partial charge in [0.25, 0.3) is 0 Å². The molecule has 0 N–H and O–H groups in total. The van der Waals surface area contributed by atoms with Crippen molar-refractivity contribution in [2.45, 2.75) is 25.7 Å². The summed E-state index contributed by atoms with van der Waals surface area (Å²) in [5.74, 6) is 0.127. The first-order valence-electron chi connectivity index (χ1n) is 6.09. The van der Waals surface area contributed by atoms with Gasteiger partial charge in [0.15, 0.2) is 0 Å². The fourth-order valence-corrected chi connectivity index (χ4v) is 3.13. The van der Waals surface area contributed by atoms with E-state index in [-0.39, 0.29) is 5.97 Å². The van der Waals surface area contributed by atoms with Crippen molar-refractivity contribution in [3.8, 4) is 0 Å². The first kappa shape index (κ1) is 13.6. The maximum Gasteiger partial charge on any atom is 0.338 e. The lowest BCUT2D eigenvalue weighted by Crippen LogP contribution is -2.18. The van der Waals surface area contributed by atoms with Gasteiger partial charge in [-0.15, -0.1) is 0 Å². The smallest absolute Gasteiger partial charge is 0.338 e. The van der Waals surface area contributed by atoms with E-state index >= 15 is 0 Å². The van der Waals surface area contributed by atoms with Gasteiger partial charge >= 0.3 is 5.97 Å². The van der Waals surface area contributed by atoms with E-state index in [1.807, 2.05) is 13.0 Å². The molecule has 4 heteroatoms. The lowest BCUT2D eigenvalue weighted by Gasteiger charge is -2.25. The quantitative estimate of drug-likeness (QED) is 0.785. The van der Waals surface area contributed by atoms with Gasteiger partial charge in [-0.2, -0.15) is 0 Å². The molecule has 98 valence electrons. The van der Waals surface area contributed by atoms with E-state index in [1.165, 1.54) is 7.11 Å². The zero-order chi connectivity index (χ0) is 13.1. The van der Waals surface area contributed by atoms with E-state index < -0.39 is 0 Å². The minimum absolute atomic E-state index is 0.263. The van der Waals surface area contributed by atoms with E-state index in [4.69, 9.17) is 9.47 Å². The normalized spacial score (nSPS) is 16.6. The number of carbonyl (C=O) groups excluding carboxylic acids is 1. The molecule has 0 saturated carbocycles. The summed E-state index contributed by atoms with van der Waals surface area (Å²) < 4.78 is 11.2. The summed E-state index contributed by atoms with van der Waals surface area (Å²) in [5.41, 5.74) is 2.93. The molecule has 1 aliphatic heterocycles. The molecule has 2 rings (SSSR count). The van der Waals surface area contributed by atoms with Crippen molar-refractivity contribution in [3.05, 3.63) is 33.3 Å². The van der Waals surface area contributed by atoms with E-state index in [0.717, 1.165) is 41.7 Å². The molecule has 0 unspecified atom stereocenters. The number of halogens is 1. The molecule has 1 saturated heterocycles. The monoisotopic (exact) mass is 312 g/mol. The number of carbonyl (C=O) groups is 1. The Morgan fingerprint density at radius 3 is 2.67 bits per heavy atom. The number of esters is 1. The number of ether oxygens (including phenoxy) is 2. The number of methoxy groups -OCH3 is 1. The topological polar surface area (TPSA) is 35.5 Å². The first-order valence-corrected chi connectivity index (χ1v) is 6.89. The molecule has 0 spiro atoms. The van der Waals surface area contributed by atoms with E-state index in [1.54, 1.807) is 0 Å². The molecule has 0 aromatic heterocycles. The third kappa shape index (κ3) is 2.75. The number of hydrogen-bond donors (Lipinski definition) is 0. The van der Waals surface area contributed by atoms with Gasteiger partial charge in [0.05, 0.1) is 12.7 Å². The third-order valence-electron chi connectivity index (χ3n) is 3.39. The molecule has 0 aliphatic carbocycles. The molecule has 0 radical (unpaired) electrons. The van der Waals surface area contributed by atoms with Gasteiger partial charge in [-0.3, -0.25) is 0 Å². The molecular formula is C14H17BrO3. The van der Waals surface area contributed by atoms with Gasteiger partial charge in [-0.1, -0.05) is 15.9 Å². The maximum absolute atomic E-state index is 11.9. The Labute approximate surface area is 116 Å². The van der Waals surface area contributed by atoms with Crippen molar-refractivity contribution in [2.24, 2.45) is 0 Å². The molecule has 1 heterocycles. The lowest BCUT2D eigenvalue weighted by molar-refractivity contribution is 0.0592. The Bertz CT molecular complexity index is 451. The van der Waals surface area contributed by atoms with Crippen LogP contribution in [-0.4, -0.2) is 26.3 Å². The summed E-state index contributed by atoms with van der Waals surface area (Å²) in [5, 5.41) is 0. The zero-order valence-electron chi connectivity index (χ0n) is 10.7. The van der Waals surface area contributed by atoms with Gasteiger partial charge in [0, 0.05) is 17.7 Å². The minimum Gasteiger partial charge on any atom is -0.465 e. The number of hydrogen-bond acceptors (Lipinski definition) is 3. The Morgan fingerprint density at radius 2 is 2.06 bits per heavy atom. The molecule has 1 aliphatic rings. The molecule has 0 atom stereocenters. The molecule has 1 aromatic rings. The Hall–Kier alpha value is -0.870. The number of benzene rings is 1. The van der Waals surface area contributed by atoms with Crippen molar-refractivity contribution in [2.75, 3.05) is 20.3 Å². The average Bonchev–Trinajstić information content (AvgIpc) is 2.38. The largest absolute Gasteiger partial charge is 0.465 e. The molecule has 3 nitrogen and oxygen atoms in total. The molecule has 0 amide bonds. The number of aryl methyl sites for hydroxylation is 1. The number of rotatable bonds is 2. The maximum atomic E-state index is 11.9. The molecular weight excluding hydrogens is 296 g/mol. The summed E-state index contributed by atoms with van der Waals surface area (Å²) in [6, 6.07) is 3.90. The summed E-state index contributed by atoms with van der Waals surface area (Å²) in [4.78, 5) is 11.9. The molecule has 1 aromatic carbocycles. The van der Waals surface area contributed by atoms with Crippen LogP contribution >= 0.6 is 15.9 Å². The summed E-state index contributed by atoms with van der Waals surface area (Å²) >= 11 is 3.44. The van der Waals surface area contributed by atoms with Crippen LogP contribution in [0.15, 0.2) is 16.6 Å². The van der Waals surface area contributed by atoms with Gasteiger partial charge in [-0.05, 0) is 48.9 Å². The molecule has 1 fully saturated rings. The second-order valence-electron chi connectivity index (χ2n) is 4.56. The fourth-order valence-electron chi connectivity index (χ4n) is 2.56. The van der Waals surface area contributed by atoms with Crippen LogP contribution in [0.3, 0.4) is 0 Å². The highest BCUT2D eigenvalue weighted by Crippen LogP contribution is 2.34. The Kier molecular flexibility index (Phi) is 4.40. The van der Waals surface area contributed by atoms with Gasteiger partial charge < -0.3 is 9.47 Å². The summed E-state index contributed by atoms with van der Waals surface area (Å²) in [7, 11) is 1.42. The first-order chi connectivity index (χ1) is 8.63. The summed E-state index contributed by atoms with van der Waals surface area (Å²) in [6.45, 7) is 3.57. The minimum atomic E-state index is -0.263. The highest BCUT2D eigenvalue weighted by atomic mass is 79.9. The van der Waals surface area contributed by atoms with Crippen molar-refractivity contribution in [3.63, 3.8) is 0 Å². The summed E-state index contributed by atoms with van der Waals surface area (Å²) in [6.07, 6.45) is 1.93. The van der Waals surface area contributed by atoms with Crippen molar-refractivity contribution < 1.29 is 14.3 Å². The van der Waals surface area contributed by atoms with E-state index in [9.17, 15) is 4.79 Å². The SMILES string of the molecule is COC(=O)c1cc(Br)cc(C)c1C1CCOCC1. The van der Waals surface area contributed by atoms with Crippen LogP contribution in [0.4, 0.5) is 0 Å². The van der Waals surface area contributed by atoms with Crippen molar-refractivity contribution in [1.29, 1.82) is 0 Å². The highest BCUT2D eigenvalue weighted by molar-refractivity contribution is 9.10. The van der Waals surface area contributed by atoms with Crippen LogP contribution in [0.1, 0.15) is 40.2 Å². The Balaban J connectivity index is 2.45. The second kappa shape index (κ2) is 5.85. The third-order valence-corrected chi connectivity index (χ3v) is 3.84. The Morgan fingerprint density at radius 1 is 1.39 bits per heavy atom. The van der Waals surface area contributed by atoms with Crippen LogP contribution in [0.2, 0.25) is 0 Å². The second-order valence-corrected chi connectivity index (χ2v) is 5.48. The van der Waals surface area contributed by atoms with Gasteiger partial charge in [-0.25, -0.2) is 4.79 Å².